The van der Waals surface area contributed by atoms with Gasteiger partial charge >= 0.3 is 0 Å². The van der Waals surface area contributed by atoms with Gasteiger partial charge in [-0.15, -0.1) is 47.0 Å². The monoisotopic (exact) mass is 588 g/mol. The van der Waals surface area contributed by atoms with Crippen LogP contribution >= 0.6 is 47.0 Å². The Kier molecular flexibility index (Phi) is 7.49. The number of carbonyl (C=O) groups excluding carboxylic acids is 2. The summed E-state index contributed by atoms with van der Waals surface area (Å²) in [6.07, 6.45) is 11.9. The van der Waals surface area contributed by atoms with Gasteiger partial charge in [-0.25, -0.2) is 0 Å². The molecule has 0 aromatic heterocycles. The third kappa shape index (κ3) is 4.65. The minimum atomic E-state index is 0.108. The first-order chi connectivity index (χ1) is 18.6. The fourth-order valence-electron chi connectivity index (χ4n) is 8.81. The van der Waals surface area contributed by atoms with Crippen LogP contribution in [0, 0.1) is 35.5 Å². The average Bonchev–Trinajstić information content (AvgIpc) is 3.55. The van der Waals surface area contributed by atoms with Crippen molar-refractivity contribution in [1.29, 1.82) is 0 Å². The molecule has 2 saturated heterocycles. The van der Waals surface area contributed by atoms with Crippen LogP contribution in [0.15, 0.2) is 24.3 Å². The second-order valence-electron chi connectivity index (χ2n) is 12.4. The Labute approximate surface area is 244 Å². The Morgan fingerprint density at radius 3 is 1.37 bits per heavy atom. The van der Waals surface area contributed by atoms with E-state index in [9.17, 15) is 9.59 Å². The summed E-state index contributed by atoms with van der Waals surface area (Å²) in [7, 11) is 0. The molecule has 2 spiro atoms. The van der Waals surface area contributed by atoms with Gasteiger partial charge in [0, 0.05) is 46.2 Å². The molecule has 2 heterocycles. The highest BCUT2D eigenvalue weighted by Gasteiger charge is 2.56. The van der Waals surface area contributed by atoms with Crippen LogP contribution < -0.4 is 10.6 Å². The van der Waals surface area contributed by atoms with E-state index in [0.29, 0.717) is 31.8 Å². The number of benzene rings is 1. The highest BCUT2D eigenvalue weighted by molar-refractivity contribution is 8.21. The molecule has 4 bridgehead atoms. The lowest BCUT2D eigenvalue weighted by Crippen LogP contribution is -2.48. The summed E-state index contributed by atoms with van der Waals surface area (Å²) in [6.45, 7) is 0. The Morgan fingerprint density at radius 2 is 1.00 bits per heavy atom. The van der Waals surface area contributed by atoms with Crippen molar-refractivity contribution >= 4 is 70.2 Å². The van der Waals surface area contributed by atoms with Crippen LogP contribution in [0.5, 0.6) is 0 Å². The normalized spacial score (nSPS) is 36.7. The quantitative estimate of drug-likeness (QED) is 0.378. The predicted octanol–water partition coefficient (Wildman–Crippen LogP) is 7.57. The second kappa shape index (κ2) is 10.8. The maximum absolute atomic E-state index is 13.4. The SMILES string of the molecule is O=C(Nc1cccc(NC(=O)C2C[C@H]3CCC[C@@H](C2)C32SCCS2)c1)C1C[C@H]2CCC[C@H](C1)C21SCCS1. The highest BCUT2D eigenvalue weighted by Crippen LogP contribution is 2.65. The van der Waals surface area contributed by atoms with E-state index in [1.807, 2.05) is 24.3 Å². The third-order valence-corrected chi connectivity index (χ3v) is 18.4. The number of nitrogens with one attached hydrogen (secondary N) is 2. The van der Waals surface area contributed by atoms with Gasteiger partial charge < -0.3 is 10.6 Å². The Hall–Kier alpha value is -0.440. The number of hydrogen-bond acceptors (Lipinski definition) is 6. The fourth-order valence-corrected chi connectivity index (χ4v) is 16.7. The second-order valence-corrected chi connectivity index (χ2v) is 18.4. The molecule has 4 aliphatic carbocycles. The van der Waals surface area contributed by atoms with E-state index in [4.69, 9.17) is 0 Å². The molecule has 1 aromatic rings. The molecule has 7 rings (SSSR count). The van der Waals surface area contributed by atoms with Gasteiger partial charge in [-0.05, 0) is 93.2 Å². The van der Waals surface area contributed by atoms with Crippen molar-refractivity contribution in [2.24, 2.45) is 35.5 Å². The van der Waals surface area contributed by atoms with Crippen LogP contribution in [0.3, 0.4) is 0 Å². The molecule has 1 unspecified atom stereocenters. The molecule has 0 radical (unpaired) electrons. The van der Waals surface area contributed by atoms with Crippen molar-refractivity contribution in [2.45, 2.75) is 72.4 Å². The summed E-state index contributed by atoms with van der Waals surface area (Å²) in [5, 5.41) is 6.46. The molecule has 6 fully saturated rings. The standard InChI is InChI=1S/C30H40N2O2S4/c33-27(19-14-21-4-1-5-22(15-19)29(21)35-10-11-36-29)31-25-8-3-9-26(18-25)32-28(34)20-16-23-6-2-7-24(17-20)30(23)37-12-13-38-30/h3,8-9,18-24H,1-2,4-7,10-17H2,(H,31,33)(H,32,34)/t19?,21-,22+,23-,24-/m1/s1. The number of carbonyl (C=O) groups is 2. The Bertz CT molecular complexity index is 959. The van der Waals surface area contributed by atoms with Crippen molar-refractivity contribution in [3.8, 4) is 0 Å². The van der Waals surface area contributed by atoms with E-state index < -0.39 is 0 Å². The molecule has 2 aliphatic heterocycles. The molecule has 2 amide bonds. The molecule has 8 heteroatoms. The van der Waals surface area contributed by atoms with E-state index in [-0.39, 0.29) is 23.7 Å². The summed E-state index contributed by atoms with van der Waals surface area (Å²) >= 11 is 8.78. The van der Waals surface area contributed by atoms with Gasteiger partial charge in [-0.1, -0.05) is 18.9 Å². The molecule has 6 aliphatic rings. The number of rotatable bonds is 4. The van der Waals surface area contributed by atoms with Gasteiger partial charge in [-0.2, -0.15) is 0 Å². The predicted molar refractivity (Wildman–Crippen MR) is 166 cm³/mol. The zero-order valence-corrected chi connectivity index (χ0v) is 25.4. The lowest BCUT2D eigenvalue weighted by Gasteiger charge is -2.52. The number of amides is 2. The molecule has 38 heavy (non-hydrogen) atoms. The van der Waals surface area contributed by atoms with Crippen LogP contribution in [0.25, 0.3) is 0 Å². The van der Waals surface area contributed by atoms with Crippen LogP contribution in [0.2, 0.25) is 0 Å². The van der Waals surface area contributed by atoms with E-state index in [0.717, 1.165) is 37.1 Å². The minimum Gasteiger partial charge on any atom is -0.326 e. The lowest BCUT2D eigenvalue weighted by atomic mass is 9.67. The first-order valence-corrected chi connectivity index (χ1v) is 18.8. The van der Waals surface area contributed by atoms with Gasteiger partial charge in [0.2, 0.25) is 11.8 Å². The zero-order valence-electron chi connectivity index (χ0n) is 22.1. The van der Waals surface area contributed by atoms with Crippen LogP contribution in [-0.4, -0.2) is 43.0 Å². The van der Waals surface area contributed by atoms with Gasteiger partial charge in [-0.3, -0.25) is 9.59 Å². The van der Waals surface area contributed by atoms with Gasteiger partial charge in [0.1, 0.15) is 0 Å². The fraction of sp³-hybridized carbons (Fsp3) is 0.733. The molecule has 4 saturated carbocycles. The zero-order chi connectivity index (χ0) is 25.7. The summed E-state index contributed by atoms with van der Waals surface area (Å²) in [5.41, 5.74) is 1.61. The smallest absolute Gasteiger partial charge is 0.227 e. The Morgan fingerprint density at radius 1 is 0.632 bits per heavy atom. The molecule has 4 nitrogen and oxygen atoms in total. The van der Waals surface area contributed by atoms with Gasteiger partial charge in [0.25, 0.3) is 0 Å². The van der Waals surface area contributed by atoms with E-state index >= 15 is 0 Å². The minimum absolute atomic E-state index is 0.108. The Balaban J connectivity index is 0.980. The molecular formula is C30H40N2O2S4. The van der Waals surface area contributed by atoms with Gasteiger partial charge in [0.15, 0.2) is 0 Å². The summed E-state index contributed by atoms with van der Waals surface area (Å²) in [5.74, 6) is 8.33. The summed E-state index contributed by atoms with van der Waals surface area (Å²) in [4.78, 5) is 26.8. The average molecular weight is 589 g/mol. The number of hydrogen-bond donors (Lipinski definition) is 2. The van der Waals surface area contributed by atoms with Crippen molar-refractivity contribution < 1.29 is 9.59 Å². The maximum Gasteiger partial charge on any atom is 0.227 e. The topological polar surface area (TPSA) is 58.2 Å². The lowest BCUT2D eigenvalue weighted by molar-refractivity contribution is -0.123. The van der Waals surface area contributed by atoms with Crippen LogP contribution in [-0.2, 0) is 9.59 Å². The first kappa shape index (κ1) is 26.5. The van der Waals surface area contributed by atoms with Gasteiger partial charge in [0.05, 0.1) is 8.16 Å². The van der Waals surface area contributed by atoms with E-state index in [1.54, 1.807) is 0 Å². The highest BCUT2D eigenvalue weighted by atomic mass is 32.2. The summed E-state index contributed by atoms with van der Waals surface area (Å²) < 4.78 is 0.789. The molecule has 2 N–H and O–H groups in total. The summed E-state index contributed by atoms with van der Waals surface area (Å²) in [6, 6.07) is 7.84. The van der Waals surface area contributed by atoms with Crippen molar-refractivity contribution in [3.63, 3.8) is 0 Å². The van der Waals surface area contributed by atoms with Crippen molar-refractivity contribution in [3.05, 3.63) is 24.3 Å². The largest absolute Gasteiger partial charge is 0.326 e. The van der Waals surface area contributed by atoms with E-state index in [1.165, 1.54) is 61.5 Å². The number of thioether (sulfide) groups is 4. The third-order valence-electron chi connectivity index (χ3n) is 10.4. The van der Waals surface area contributed by atoms with Crippen LogP contribution in [0.4, 0.5) is 11.4 Å². The number of anilines is 2. The molecular weight excluding hydrogens is 549 g/mol. The molecule has 1 aromatic carbocycles. The molecule has 206 valence electrons. The van der Waals surface area contributed by atoms with Crippen molar-refractivity contribution in [1.82, 2.24) is 0 Å². The first-order valence-electron chi connectivity index (χ1n) is 14.8. The van der Waals surface area contributed by atoms with E-state index in [2.05, 4.69) is 57.7 Å². The molecule has 5 atom stereocenters. The maximum atomic E-state index is 13.4. The van der Waals surface area contributed by atoms with Crippen LogP contribution in [0.1, 0.15) is 64.2 Å². The van der Waals surface area contributed by atoms with Crippen molar-refractivity contribution in [2.75, 3.05) is 33.6 Å².